The number of nitrogens with zero attached hydrogens (tertiary/aromatic N) is 3. The highest BCUT2D eigenvalue weighted by atomic mass is 32.1. The molecule has 4 nitrogen and oxygen atoms in total. The van der Waals surface area contributed by atoms with Gasteiger partial charge in [0.1, 0.15) is 10.7 Å². The van der Waals surface area contributed by atoms with Crippen molar-refractivity contribution in [3.63, 3.8) is 0 Å². The van der Waals surface area contributed by atoms with Crippen LogP contribution in [-0.4, -0.2) is 34.2 Å². The Bertz CT molecular complexity index is 463. The number of rotatable bonds is 2. The van der Waals surface area contributed by atoms with Gasteiger partial charge in [-0.05, 0) is 6.42 Å². The Labute approximate surface area is 107 Å². The predicted molar refractivity (Wildman–Crippen MR) is 64.3 cm³/mol. The number of hydrogen-bond donors (Lipinski definition) is 1. The van der Waals surface area contributed by atoms with Crippen LogP contribution >= 0.6 is 12.2 Å². The summed E-state index contributed by atoms with van der Waals surface area (Å²) in [6.07, 6.45) is -1.30. The molecule has 2 rings (SSSR count). The maximum atomic E-state index is 12.6. The van der Waals surface area contributed by atoms with Crippen molar-refractivity contribution in [3.8, 4) is 0 Å². The zero-order valence-corrected chi connectivity index (χ0v) is 10.1. The minimum absolute atomic E-state index is 0.0357. The van der Waals surface area contributed by atoms with E-state index in [0.717, 1.165) is 0 Å². The number of nitrogens with two attached hydrogens (primary N) is 1. The molecule has 8 heteroatoms. The topological polar surface area (TPSA) is 55.0 Å². The van der Waals surface area contributed by atoms with Crippen molar-refractivity contribution >= 4 is 23.0 Å². The standard InChI is InChI=1S/C10H11F3N4S/c11-10(12,13)6-1-4-17(5-6)9-7(8(14)18)15-2-3-16-9/h2-3,6H,1,4-5H2,(H2,14,18). The first-order valence-electron chi connectivity index (χ1n) is 5.32. The van der Waals surface area contributed by atoms with Gasteiger partial charge in [0.05, 0.1) is 5.92 Å². The molecule has 0 spiro atoms. The lowest BCUT2D eigenvalue weighted by atomic mass is 10.1. The van der Waals surface area contributed by atoms with Gasteiger partial charge in [0.25, 0.3) is 0 Å². The van der Waals surface area contributed by atoms with E-state index in [9.17, 15) is 13.2 Å². The van der Waals surface area contributed by atoms with Crippen LogP contribution in [0.15, 0.2) is 12.4 Å². The molecule has 1 aliphatic rings. The Kier molecular flexibility index (Phi) is 3.38. The summed E-state index contributed by atoms with van der Waals surface area (Å²) in [7, 11) is 0. The van der Waals surface area contributed by atoms with Gasteiger partial charge >= 0.3 is 6.18 Å². The first-order chi connectivity index (χ1) is 8.39. The molecule has 0 radical (unpaired) electrons. The number of hydrogen-bond acceptors (Lipinski definition) is 4. The van der Waals surface area contributed by atoms with Crippen molar-refractivity contribution in [1.29, 1.82) is 0 Å². The molecule has 0 aliphatic carbocycles. The van der Waals surface area contributed by atoms with Crippen molar-refractivity contribution in [2.75, 3.05) is 18.0 Å². The zero-order chi connectivity index (χ0) is 13.3. The minimum atomic E-state index is -4.18. The van der Waals surface area contributed by atoms with Gasteiger partial charge in [-0.15, -0.1) is 0 Å². The maximum Gasteiger partial charge on any atom is 0.393 e. The average Bonchev–Trinajstić information content (AvgIpc) is 2.77. The number of aromatic nitrogens is 2. The van der Waals surface area contributed by atoms with Gasteiger partial charge in [0.2, 0.25) is 0 Å². The number of anilines is 1. The highest BCUT2D eigenvalue weighted by Crippen LogP contribution is 2.35. The largest absolute Gasteiger partial charge is 0.393 e. The molecule has 2 N–H and O–H groups in total. The number of thiocarbonyl (C=S) groups is 1. The highest BCUT2D eigenvalue weighted by Gasteiger charge is 2.44. The van der Waals surface area contributed by atoms with Crippen molar-refractivity contribution in [1.82, 2.24) is 9.97 Å². The van der Waals surface area contributed by atoms with Gasteiger partial charge in [-0.2, -0.15) is 13.2 Å². The fourth-order valence-electron chi connectivity index (χ4n) is 1.96. The summed E-state index contributed by atoms with van der Waals surface area (Å²) in [6.45, 7) is 0.149. The fourth-order valence-corrected chi connectivity index (χ4v) is 2.10. The van der Waals surface area contributed by atoms with E-state index in [2.05, 4.69) is 9.97 Å². The van der Waals surface area contributed by atoms with Crippen molar-refractivity contribution in [2.45, 2.75) is 12.6 Å². The molecule has 1 atom stereocenters. The summed E-state index contributed by atoms with van der Waals surface area (Å²) >= 11 is 4.81. The van der Waals surface area contributed by atoms with Crippen LogP contribution in [0.2, 0.25) is 0 Å². The van der Waals surface area contributed by atoms with E-state index in [0.29, 0.717) is 5.82 Å². The van der Waals surface area contributed by atoms with Crippen LogP contribution in [-0.2, 0) is 0 Å². The van der Waals surface area contributed by atoms with Gasteiger partial charge in [-0.25, -0.2) is 9.97 Å². The van der Waals surface area contributed by atoms with Gasteiger partial charge < -0.3 is 10.6 Å². The lowest BCUT2D eigenvalue weighted by molar-refractivity contribution is -0.168. The fraction of sp³-hybridized carbons (Fsp3) is 0.500. The van der Waals surface area contributed by atoms with Crippen LogP contribution < -0.4 is 10.6 Å². The zero-order valence-electron chi connectivity index (χ0n) is 9.31. The summed E-state index contributed by atoms with van der Waals surface area (Å²) in [6, 6.07) is 0. The second-order valence-corrected chi connectivity index (χ2v) is 4.51. The molecule has 1 fully saturated rings. The van der Waals surface area contributed by atoms with Crippen LogP contribution in [0.3, 0.4) is 0 Å². The molecular formula is C10H11F3N4S. The van der Waals surface area contributed by atoms with Crippen LogP contribution in [0.1, 0.15) is 12.1 Å². The quantitative estimate of drug-likeness (QED) is 0.830. The first-order valence-corrected chi connectivity index (χ1v) is 5.73. The van der Waals surface area contributed by atoms with Gasteiger partial charge in [0, 0.05) is 25.5 Å². The van der Waals surface area contributed by atoms with E-state index < -0.39 is 12.1 Å². The Morgan fingerprint density at radius 2 is 2.06 bits per heavy atom. The summed E-state index contributed by atoms with van der Waals surface area (Å²) in [5.74, 6) is -1.00. The summed E-state index contributed by atoms with van der Waals surface area (Å²) in [5, 5.41) is 0. The average molecular weight is 276 g/mol. The number of halogens is 3. The van der Waals surface area contributed by atoms with E-state index in [-0.39, 0.29) is 30.2 Å². The summed E-state index contributed by atoms with van der Waals surface area (Å²) < 4.78 is 37.8. The van der Waals surface area contributed by atoms with Gasteiger partial charge in [0.15, 0.2) is 5.82 Å². The Hall–Kier alpha value is -1.44. The molecule has 1 saturated heterocycles. The van der Waals surface area contributed by atoms with Gasteiger partial charge in [-0.3, -0.25) is 0 Å². The monoisotopic (exact) mass is 276 g/mol. The molecule has 0 saturated carbocycles. The second-order valence-electron chi connectivity index (χ2n) is 4.07. The summed E-state index contributed by atoms with van der Waals surface area (Å²) in [5.41, 5.74) is 5.76. The molecule has 0 amide bonds. The molecule has 18 heavy (non-hydrogen) atoms. The highest BCUT2D eigenvalue weighted by molar-refractivity contribution is 7.80. The van der Waals surface area contributed by atoms with Crippen LogP contribution in [0.25, 0.3) is 0 Å². The second kappa shape index (κ2) is 4.68. The van der Waals surface area contributed by atoms with E-state index in [1.807, 2.05) is 0 Å². The normalized spacial score (nSPS) is 20.2. The van der Waals surface area contributed by atoms with Crippen LogP contribution in [0, 0.1) is 5.92 Å². The maximum absolute atomic E-state index is 12.6. The first kappa shape index (κ1) is 13.0. The van der Waals surface area contributed by atoms with Crippen molar-refractivity contribution in [3.05, 3.63) is 18.1 Å². The van der Waals surface area contributed by atoms with Crippen LogP contribution in [0.5, 0.6) is 0 Å². The molecule has 2 heterocycles. The molecule has 1 aromatic heterocycles. The third-order valence-corrected chi connectivity index (χ3v) is 3.06. The van der Waals surface area contributed by atoms with E-state index >= 15 is 0 Å². The minimum Gasteiger partial charge on any atom is -0.388 e. The molecule has 0 bridgehead atoms. The molecular weight excluding hydrogens is 265 g/mol. The SMILES string of the molecule is NC(=S)c1nccnc1N1CCC(C(F)(F)F)C1. The number of alkyl halides is 3. The van der Waals surface area contributed by atoms with E-state index in [1.165, 1.54) is 17.3 Å². The Morgan fingerprint density at radius 1 is 1.39 bits per heavy atom. The molecule has 0 aromatic carbocycles. The third kappa shape index (κ3) is 2.53. The molecule has 1 unspecified atom stereocenters. The predicted octanol–water partition coefficient (Wildman–Crippen LogP) is 1.50. The lowest BCUT2D eigenvalue weighted by Gasteiger charge is -2.20. The lowest BCUT2D eigenvalue weighted by Crippen LogP contribution is -2.29. The smallest absolute Gasteiger partial charge is 0.388 e. The Balaban J connectivity index is 2.22. The van der Waals surface area contributed by atoms with E-state index in [4.69, 9.17) is 18.0 Å². The van der Waals surface area contributed by atoms with Crippen molar-refractivity contribution in [2.24, 2.45) is 11.7 Å². The summed E-state index contributed by atoms with van der Waals surface area (Å²) in [4.78, 5) is 9.55. The van der Waals surface area contributed by atoms with Gasteiger partial charge in [-0.1, -0.05) is 12.2 Å². The van der Waals surface area contributed by atoms with Crippen molar-refractivity contribution < 1.29 is 13.2 Å². The molecule has 1 aliphatic heterocycles. The van der Waals surface area contributed by atoms with Crippen LogP contribution in [0.4, 0.5) is 19.0 Å². The van der Waals surface area contributed by atoms with E-state index in [1.54, 1.807) is 0 Å². The molecule has 1 aromatic rings. The molecule has 98 valence electrons. The Morgan fingerprint density at radius 3 is 2.61 bits per heavy atom. The third-order valence-electron chi connectivity index (χ3n) is 2.86.